The molecule has 0 bridgehead atoms. The Kier molecular flexibility index (Phi) is 10.9. The van der Waals surface area contributed by atoms with Crippen LogP contribution in [0, 0.1) is 0 Å². The van der Waals surface area contributed by atoms with Crippen LogP contribution in [0.2, 0.25) is 10.0 Å². The lowest BCUT2D eigenvalue weighted by Gasteiger charge is -2.36. The van der Waals surface area contributed by atoms with Crippen LogP contribution in [0.25, 0.3) is 0 Å². The number of benzene rings is 3. The SMILES string of the molecule is Clc1ccc(C(SCCN2CCN(c3ccccc3Cl)CC2)c2ccccc2)cc1.O=C(O)C(=O)O. The molecule has 1 fully saturated rings. The number of carboxylic acids is 2. The van der Waals surface area contributed by atoms with Gasteiger partial charge in [-0.05, 0) is 35.4 Å². The van der Waals surface area contributed by atoms with Gasteiger partial charge in [-0.15, -0.1) is 11.8 Å². The van der Waals surface area contributed by atoms with Gasteiger partial charge in [0.25, 0.3) is 0 Å². The van der Waals surface area contributed by atoms with Crippen LogP contribution in [0.1, 0.15) is 16.4 Å². The van der Waals surface area contributed by atoms with E-state index >= 15 is 0 Å². The van der Waals surface area contributed by atoms with Crippen molar-refractivity contribution in [2.75, 3.05) is 43.4 Å². The summed E-state index contributed by atoms with van der Waals surface area (Å²) >= 11 is 14.5. The van der Waals surface area contributed by atoms with E-state index in [1.807, 2.05) is 36.0 Å². The van der Waals surface area contributed by atoms with E-state index in [0.717, 1.165) is 54.2 Å². The Morgan fingerprint density at radius 2 is 1.33 bits per heavy atom. The molecule has 1 aliphatic rings. The number of aliphatic carboxylic acids is 2. The Bertz CT molecular complexity index is 1110. The summed E-state index contributed by atoms with van der Waals surface area (Å²) in [5, 5.41) is 16.7. The van der Waals surface area contributed by atoms with E-state index in [4.69, 9.17) is 43.0 Å². The highest BCUT2D eigenvalue weighted by atomic mass is 35.5. The van der Waals surface area contributed by atoms with Crippen molar-refractivity contribution in [3.05, 3.63) is 100 Å². The number of carbonyl (C=O) groups is 2. The van der Waals surface area contributed by atoms with Gasteiger partial charge in [0.05, 0.1) is 16.0 Å². The highest BCUT2D eigenvalue weighted by molar-refractivity contribution is 7.99. The smallest absolute Gasteiger partial charge is 0.414 e. The van der Waals surface area contributed by atoms with E-state index < -0.39 is 11.9 Å². The Morgan fingerprint density at radius 3 is 1.92 bits per heavy atom. The van der Waals surface area contributed by atoms with Crippen molar-refractivity contribution in [3.63, 3.8) is 0 Å². The van der Waals surface area contributed by atoms with E-state index in [1.165, 1.54) is 11.1 Å². The first-order valence-electron chi connectivity index (χ1n) is 11.4. The highest BCUT2D eigenvalue weighted by Gasteiger charge is 2.20. The third-order valence-corrected chi connectivity index (χ3v) is 7.58. The average Bonchev–Trinajstić information content (AvgIpc) is 2.89. The molecule has 36 heavy (non-hydrogen) atoms. The molecule has 0 aromatic heterocycles. The molecule has 3 aromatic rings. The van der Waals surface area contributed by atoms with Crippen LogP contribution in [-0.4, -0.2) is 65.5 Å². The second kappa shape index (κ2) is 14.1. The summed E-state index contributed by atoms with van der Waals surface area (Å²) in [6.45, 7) is 5.28. The van der Waals surface area contributed by atoms with Gasteiger partial charge in [-0.1, -0.05) is 77.8 Å². The van der Waals surface area contributed by atoms with Crippen LogP contribution in [0.3, 0.4) is 0 Å². The van der Waals surface area contributed by atoms with Gasteiger partial charge in [0.15, 0.2) is 0 Å². The predicted octanol–water partition coefficient (Wildman–Crippen LogP) is 5.79. The van der Waals surface area contributed by atoms with E-state index in [-0.39, 0.29) is 0 Å². The maximum Gasteiger partial charge on any atom is 0.414 e. The van der Waals surface area contributed by atoms with E-state index in [9.17, 15) is 0 Å². The standard InChI is InChI=1S/C25H26Cl2N2S.C2H2O4/c26-22-12-10-21(11-13-22)25(20-6-2-1-3-7-20)30-19-18-28-14-16-29(17-15-28)24-9-5-4-8-23(24)27;3-1(4)2(5)6/h1-13,25H,14-19H2;(H,3,4)(H,5,6). The third-order valence-electron chi connectivity index (χ3n) is 5.72. The number of thioether (sulfide) groups is 1. The minimum atomic E-state index is -1.82. The van der Waals surface area contributed by atoms with Crippen LogP contribution in [0.15, 0.2) is 78.9 Å². The van der Waals surface area contributed by atoms with Crippen LogP contribution in [0.5, 0.6) is 0 Å². The van der Waals surface area contributed by atoms with Crippen molar-refractivity contribution in [1.29, 1.82) is 0 Å². The normalized spacial score (nSPS) is 14.4. The fourth-order valence-electron chi connectivity index (χ4n) is 3.87. The molecule has 190 valence electrons. The minimum Gasteiger partial charge on any atom is -0.473 e. The molecule has 4 rings (SSSR count). The first-order valence-corrected chi connectivity index (χ1v) is 13.3. The van der Waals surface area contributed by atoms with Gasteiger partial charge < -0.3 is 15.1 Å². The number of rotatable bonds is 7. The molecule has 0 spiro atoms. The lowest BCUT2D eigenvalue weighted by Crippen LogP contribution is -2.47. The van der Waals surface area contributed by atoms with Gasteiger partial charge in [0, 0.05) is 43.5 Å². The molecule has 0 saturated carbocycles. The van der Waals surface area contributed by atoms with Crippen molar-refractivity contribution >= 4 is 52.6 Å². The van der Waals surface area contributed by atoms with Crippen LogP contribution < -0.4 is 4.90 Å². The topological polar surface area (TPSA) is 81.1 Å². The zero-order valence-corrected chi connectivity index (χ0v) is 21.9. The zero-order chi connectivity index (χ0) is 25.9. The van der Waals surface area contributed by atoms with Gasteiger partial charge in [0.2, 0.25) is 0 Å². The molecule has 6 nitrogen and oxygen atoms in total. The quantitative estimate of drug-likeness (QED) is 0.362. The number of halogens is 2. The molecule has 1 aliphatic heterocycles. The number of para-hydroxylation sites is 1. The molecular formula is C27H28Cl2N2O4S. The van der Waals surface area contributed by atoms with Crippen LogP contribution >= 0.6 is 35.0 Å². The van der Waals surface area contributed by atoms with Gasteiger partial charge in [0.1, 0.15) is 0 Å². The van der Waals surface area contributed by atoms with Crippen molar-refractivity contribution in [2.24, 2.45) is 0 Å². The number of carboxylic acid groups (broad SMARTS) is 2. The van der Waals surface area contributed by atoms with Crippen molar-refractivity contribution < 1.29 is 19.8 Å². The number of anilines is 1. The molecule has 2 N–H and O–H groups in total. The van der Waals surface area contributed by atoms with Crippen molar-refractivity contribution in [2.45, 2.75) is 5.25 Å². The highest BCUT2D eigenvalue weighted by Crippen LogP contribution is 2.36. The summed E-state index contributed by atoms with van der Waals surface area (Å²) in [6.07, 6.45) is 0. The van der Waals surface area contributed by atoms with Gasteiger partial charge in [-0.25, -0.2) is 9.59 Å². The lowest BCUT2D eigenvalue weighted by atomic mass is 10.0. The molecule has 0 aliphatic carbocycles. The summed E-state index contributed by atoms with van der Waals surface area (Å²) in [5.74, 6) is -2.56. The summed E-state index contributed by atoms with van der Waals surface area (Å²) in [4.78, 5) is 23.2. The van der Waals surface area contributed by atoms with E-state index in [2.05, 4.69) is 64.4 Å². The summed E-state index contributed by atoms with van der Waals surface area (Å²) < 4.78 is 0. The number of piperazine rings is 1. The first-order chi connectivity index (χ1) is 17.3. The summed E-state index contributed by atoms with van der Waals surface area (Å²) in [7, 11) is 0. The van der Waals surface area contributed by atoms with Gasteiger partial charge in [-0.2, -0.15) is 0 Å². The average molecular weight is 548 g/mol. The first kappa shape index (κ1) is 27.9. The molecule has 0 radical (unpaired) electrons. The molecular weight excluding hydrogens is 519 g/mol. The Hall–Kier alpha value is -2.71. The Balaban J connectivity index is 0.000000538. The molecule has 1 unspecified atom stereocenters. The van der Waals surface area contributed by atoms with Gasteiger partial charge in [-0.3, -0.25) is 4.90 Å². The minimum absolute atomic E-state index is 0.327. The largest absolute Gasteiger partial charge is 0.473 e. The number of hydrogen-bond acceptors (Lipinski definition) is 5. The fourth-order valence-corrected chi connectivity index (χ4v) is 5.55. The van der Waals surface area contributed by atoms with Crippen LogP contribution in [-0.2, 0) is 9.59 Å². The number of nitrogens with zero attached hydrogens (tertiary/aromatic N) is 2. The fraction of sp³-hybridized carbons (Fsp3) is 0.259. The molecule has 3 aromatic carbocycles. The predicted molar refractivity (Wildman–Crippen MR) is 148 cm³/mol. The Morgan fingerprint density at radius 1 is 0.778 bits per heavy atom. The lowest BCUT2D eigenvalue weighted by molar-refractivity contribution is -0.159. The maximum atomic E-state index is 9.10. The van der Waals surface area contributed by atoms with Gasteiger partial charge >= 0.3 is 11.9 Å². The third kappa shape index (κ3) is 8.45. The summed E-state index contributed by atoms with van der Waals surface area (Å²) in [5.41, 5.74) is 3.80. The van der Waals surface area contributed by atoms with E-state index in [0.29, 0.717) is 5.25 Å². The molecule has 0 amide bonds. The molecule has 1 atom stereocenters. The molecule has 1 saturated heterocycles. The maximum absolute atomic E-state index is 9.10. The van der Waals surface area contributed by atoms with E-state index in [1.54, 1.807) is 0 Å². The van der Waals surface area contributed by atoms with Crippen LogP contribution in [0.4, 0.5) is 5.69 Å². The van der Waals surface area contributed by atoms with Crippen molar-refractivity contribution in [1.82, 2.24) is 4.90 Å². The second-order valence-corrected chi connectivity index (χ2v) is 10.2. The summed E-state index contributed by atoms with van der Waals surface area (Å²) in [6, 6.07) is 27.2. The molecule has 1 heterocycles. The Labute approximate surface area is 225 Å². The molecule has 9 heteroatoms. The number of hydrogen-bond donors (Lipinski definition) is 2. The zero-order valence-electron chi connectivity index (χ0n) is 19.6. The van der Waals surface area contributed by atoms with Crippen molar-refractivity contribution in [3.8, 4) is 0 Å². The monoisotopic (exact) mass is 546 g/mol. The second-order valence-electron chi connectivity index (χ2n) is 8.10.